The van der Waals surface area contributed by atoms with Crippen molar-refractivity contribution in [2.45, 2.75) is 35.1 Å². The summed E-state index contributed by atoms with van der Waals surface area (Å²) in [6, 6.07) is 5.40. The van der Waals surface area contributed by atoms with E-state index in [1.54, 1.807) is 19.0 Å². The van der Waals surface area contributed by atoms with Crippen molar-refractivity contribution in [1.82, 2.24) is 14.5 Å². The van der Waals surface area contributed by atoms with Gasteiger partial charge in [-0.1, -0.05) is 12.1 Å². The molecule has 27 heavy (non-hydrogen) atoms. The number of carbonyl (C=O) groups excluding carboxylic acids is 1. The summed E-state index contributed by atoms with van der Waals surface area (Å²) in [4.78, 5) is 15.4. The Kier molecular flexibility index (Phi) is 7.01. The monoisotopic (exact) mass is 417 g/mol. The van der Waals surface area contributed by atoms with Crippen molar-refractivity contribution in [3.05, 3.63) is 24.3 Å². The molecule has 1 aromatic rings. The number of benzene rings is 1. The van der Waals surface area contributed by atoms with Gasteiger partial charge in [-0.2, -0.15) is 0 Å². The minimum absolute atomic E-state index is 0.0650. The van der Waals surface area contributed by atoms with E-state index < -0.39 is 19.9 Å². The topological polar surface area (TPSA) is 104 Å². The number of hydrogen-bond acceptors (Lipinski definition) is 6. The van der Waals surface area contributed by atoms with Crippen LogP contribution in [0.25, 0.3) is 0 Å². The lowest BCUT2D eigenvalue weighted by molar-refractivity contribution is -0.133. The Bertz CT molecular complexity index is 882. The highest BCUT2D eigenvalue weighted by Crippen LogP contribution is 2.21. The lowest BCUT2D eigenvalue weighted by atomic mass is 10.2. The van der Waals surface area contributed by atoms with Crippen LogP contribution in [-0.4, -0.2) is 78.6 Å². The number of rotatable bonds is 8. The number of amides is 1. The second kappa shape index (κ2) is 8.68. The van der Waals surface area contributed by atoms with Gasteiger partial charge in [0, 0.05) is 33.4 Å². The van der Waals surface area contributed by atoms with Crippen LogP contribution >= 0.6 is 0 Å². The molecule has 1 saturated heterocycles. The van der Waals surface area contributed by atoms with E-state index in [0.717, 1.165) is 25.6 Å². The molecule has 1 atom stereocenters. The number of sulfone groups is 1. The number of hydrogen-bond donors (Lipinski definition) is 1. The Morgan fingerprint density at radius 2 is 1.81 bits per heavy atom. The van der Waals surface area contributed by atoms with Gasteiger partial charge in [-0.3, -0.25) is 9.69 Å². The summed E-state index contributed by atoms with van der Waals surface area (Å²) in [5.74, 6) is 0.0650. The van der Waals surface area contributed by atoms with Gasteiger partial charge in [-0.15, -0.1) is 0 Å². The Hall–Kier alpha value is -1.49. The first-order valence-electron chi connectivity index (χ1n) is 8.78. The molecule has 1 aliphatic heterocycles. The molecule has 10 heteroatoms. The van der Waals surface area contributed by atoms with E-state index in [1.165, 1.54) is 24.3 Å². The van der Waals surface area contributed by atoms with Crippen LogP contribution in [0.3, 0.4) is 0 Å². The Labute approximate surface area is 161 Å². The molecule has 1 unspecified atom stereocenters. The quantitative estimate of drug-likeness (QED) is 0.611. The van der Waals surface area contributed by atoms with Gasteiger partial charge in [-0.25, -0.2) is 21.6 Å². The van der Waals surface area contributed by atoms with Crippen LogP contribution in [0.15, 0.2) is 34.1 Å². The maximum absolute atomic E-state index is 12.5. The van der Waals surface area contributed by atoms with Gasteiger partial charge in [-0.05, 0) is 37.9 Å². The molecule has 1 aromatic carbocycles. The van der Waals surface area contributed by atoms with Crippen molar-refractivity contribution in [2.75, 3.05) is 40.0 Å². The molecule has 0 bridgehead atoms. The average molecular weight is 418 g/mol. The SMILES string of the molecule is CN(C)C(=O)C1CCCN1CCCNS(=O)(=O)c1ccccc1S(C)(=O)=O. The fourth-order valence-electron chi connectivity index (χ4n) is 3.22. The molecule has 1 N–H and O–H groups in total. The summed E-state index contributed by atoms with van der Waals surface area (Å²) < 4.78 is 51.1. The maximum Gasteiger partial charge on any atom is 0.241 e. The Balaban J connectivity index is 1.97. The molecule has 1 fully saturated rings. The fraction of sp³-hybridized carbons (Fsp3) is 0.588. The van der Waals surface area contributed by atoms with Crippen LogP contribution < -0.4 is 4.72 Å². The van der Waals surface area contributed by atoms with E-state index in [4.69, 9.17) is 0 Å². The van der Waals surface area contributed by atoms with Gasteiger partial charge < -0.3 is 4.90 Å². The van der Waals surface area contributed by atoms with Gasteiger partial charge in [0.05, 0.1) is 10.9 Å². The molecule has 1 aliphatic rings. The van der Waals surface area contributed by atoms with Crippen molar-refractivity contribution < 1.29 is 21.6 Å². The standard InChI is InChI=1S/C17H27N3O5S2/c1-19(2)17(21)14-8-6-12-20(14)13-7-11-18-27(24,25)16-10-5-4-9-15(16)26(3,22)23/h4-5,9-10,14,18H,6-8,11-13H2,1-3H3. The van der Waals surface area contributed by atoms with Gasteiger partial charge in [0.25, 0.3) is 0 Å². The normalized spacial score (nSPS) is 18.6. The largest absolute Gasteiger partial charge is 0.347 e. The average Bonchev–Trinajstić information content (AvgIpc) is 3.05. The van der Waals surface area contributed by atoms with Gasteiger partial charge in [0.1, 0.15) is 4.90 Å². The molecule has 0 aromatic heterocycles. The first kappa shape index (κ1) is 21.8. The van der Waals surface area contributed by atoms with Crippen molar-refractivity contribution in [1.29, 1.82) is 0 Å². The summed E-state index contributed by atoms with van der Waals surface area (Å²) in [5.41, 5.74) is 0. The number of sulfonamides is 1. The van der Waals surface area contributed by atoms with E-state index >= 15 is 0 Å². The Morgan fingerprint density at radius 1 is 1.19 bits per heavy atom. The summed E-state index contributed by atoms with van der Waals surface area (Å²) in [6.45, 7) is 1.58. The zero-order valence-corrected chi connectivity index (χ0v) is 17.5. The summed E-state index contributed by atoms with van der Waals surface area (Å²) in [6.07, 6.45) is 3.26. The van der Waals surface area contributed by atoms with Crippen LogP contribution in [0.4, 0.5) is 0 Å². The zero-order valence-electron chi connectivity index (χ0n) is 15.9. The van der Waals surface area contributed by atoms with Crippen molar-refractivity contribution in [2.24, 2.45) is 0 Å². The van der Waals surface area contributed by atoms with Crippen LogP contribution in [0.1, 0.15) is 19.3 Å². The summed E-state index contributed by atoms with van der Waals surface area (Å²) in [5, 5.41) is 0. The molecule has 0 radical (unpaired) electrons. The number of likely N-dealkylation sites (N-methyl/N-ethyl adjacent to an activating group) is 1. The molecule has 1 amide bonds. The third-order valence-corrected chi connectivity index (χ3v) is 7.35. The second-order valence-electron chi connectivity index (χ2n) is 6.90. The zero-order chi connectivity index (χ0) is 20.2. The number of carbonyl (C=O) groups is 1. The van der Waals surface area contributed by atoms with Crippen LogP contribution in [0.5, 0.6) is 0 Å². The molecule has 8 nitrogen and oxygen atoms in total. The third kappa shape index (κ3) is 5.50. The summed E-state index contributed by atoms with van der Waals surface area (Å²) >= 11 is 0. The minimum atomic E-state index is -3.94. The molecule has 0 aliphatic carbocycles. The maximum atomic E-state index is 12.5. The van der Waals surface area contributed by atoms with Crippen molar-refractivity contribution >= 4 is 25.8 Å². The lowest BCUT2D eigenvalue weighted by Gasteiger charge is -2.26. The first-order chi connectivity index (χ1) is 12.5. The molecule has 2 rings (SSSR count). The highest BCUT2D eigenvalue weighted by molar-refractivity contribution is 7.93. The van der Waals surface area contributed by atoms with E-state index in [0.29, 0.717) is 13.0 Å². The smallest absolute Gasteiger partial charge is 0.241 e. The van der Waals surface area contributed by atoms with Gasteiger partial charge in [0.2, 0.25) is 15.9 Å². The molecule has 1 heterocycles. The second-order valence-corrected chi connectivity index (χ2v) is 10.6. The third-order valence-electron chi connectivity index (χ3n) is 4.54. The van der Waals surface area contributed by atoms with Crippen molar-refractivity contribution in [3.8, 4) is 0 Å². The molecular formula is C17H27N3O5S2. The van der Waals surface area contributed by atoms with Crippen LogP contribution in [0.2, 0.25) is 0 Å². The van der Waals surface area contributed by atoms with Crippen LogP contribution in [0, 0.1) is 0 Å². The van der Waals surface area contributed by atoms with Gasteiger partial charge in [0.15, 0.2) is 9.84 Å². The van der Waals surface area contributed by atoms with E-state index in [2.05, 4.69) is 9.62 Å². The number of nitrogens with zero attached hydrogens (tertiary/aromatic N) is 2. The molecule has 0 saturated carbocycles. The lowest BCUT2D eigenvalue weighted by Crippen LogP contribution is -2.43. The molecule has 0 spiro atoms. The predicted octanol–water partition coefficient (Wildman–Crippen LogP) is 0.311. The van der Waals surface area contributed by atoms with E-state index in [9.17, 15) is 21.6 Å². The van der Waals surface area contributed by atoms with E-state index in [-0.39, 0.29) is 28.3 Å². The predicted molar refractivity (Wildman–Crippen MR) is 103 cm³/mol. The molecular weight excluding hydrogens is 390 g/mol. The highest BCUT2D eigenvalue weighted by Gasteiger charge is 2.31. The fourth-order valence-corrected chi connectivity index (χ4v) is 5.92. The number of nitrogens with one attached hydrogen (secondary N) is 1. The first-order valence-corrected chi connectivity index (χ1v) is 12.2. The minimum Gasteiger partial charge on any atom is -0.347 e. The number of likely N-dealkylation sites (tertiary alicyclic amines) is 1. The van der Waals surface area contributed by atoms with Gasteiger partial charge >= 0.3 is 0 Å². The van der Waals surface area contributed by atoms with Crippen molar-refractivity contribution in [3.63, 3.8) is 0 Å². The molecule has 152 valence electrons. The highest BCUT2D eigenvalue weighted by atomic mass is 32.2. The Morgan fingerprint density at radius 3 is 2.41 bits per heavy atom. The van der Waals surface area contributed by atoms with E-state index in [1.807, 2.05) is 0 Å². The van der Waals surface area contributed by atoms with Crippen LogP contribution in [-0.2, 0) is 24.7 Å². The summed E-state index contributed by atoms with van der Waals surface area (Å²) in [7, 11) is -4.13.